The van der Waals surface area contributed by atoms with Crippen LogP contribution in [0.3, 0.4) is 0 Å². The third-order valence-corrected chi connectivity index (χ3v) is 5.55. The van der Waals surface area contributed by atoms with E-state index in [1.54, 1.807) is 17.1 Å². The Bertz CT molecular complexity index is 860. The second-order valence-electron chi connectivity index (χ2n) is 7.29. The summed E-state index contributed by atoms with van der Waals surface area (Å²) in [6.45, 7) is 5.30. The van der Waals surface area contributed by atoms with Gasteiger partial charge in [0.15, 0.2) is 5.11 Å². The molecule has 0 radical (unpaired) electrons. The Labute approximate surface area is 181 Å². The van der Waals surface area contributed by atoms with Crippen LogP contribution in [0, 0.1) is 5.92 Å². The quantitative estimate of drug-likeness (QED) is 0.327. The molecule has 8 heteroatoms. The molecule has 7 nitrogen and oxygen atoms in total. The van der Waals surface area contributed by atoms with Crippen LogP contribution in [0.25, 0.3) is 0 Å². The summed E-state index contributed by atoms with van der Waals surface area (Å²) in [7, 11) is 0. The molecule has 2 saturated heterocycles. The molecule has 1 aromatic carbocycles. The van der Waals surface area contributed by atoms with Crippen LogP contribution >= 0.6 is 12.2 Å². The molecule has 1 aromatic rings. The van der Waals surface area contributed by atoms with Crippen molar-refractivity contribution in [2.24, 2.45) is 5.92 Å². The average Bonchev–Trinajstić information content (AvgIpc) is 2.76. The summed E-state index contributed by atoms with van der Waals surface area (Å²) in [5.74, 6) is -0.573. The molecule has 0 aromatic heterocycles. The van der Waals surface area contributed by atoms with Crippen molar-refractivity contribution in [3.63, 3.8) is 0 Å². The van der Waals surface area contributed by atoms with Crippen LogP contribution in [0.5, 0.6) is 0 Å². The molecule has 0 spiro atoms. The number of carbonyl (C=O) groups is 3. The van der Waals surface area contributed by atoms with E-state index in [9.17, 15) is 14.4 Å². The van der Waals surface area contributed by atoms with Crippen molar-refractivity contribution in [2.75, 3.05) is 19.6 Å². The van der Waals surface area contributed by atoms with Crippen molar-refractivity contribution >= 4 is 35.2 Å². The predicted octanol–water partition coefficient (Wildman–Crippen LogP) is 2.78. The predicted molar refractivity (Wildman–Crippen MR) is 116 cm³/mol. The van der Waals surface area contributed by atoms with E-state index in [1.807, 2.05) is 30.3 Å². The first kappa shape index (κ1) is 21.7. The van der Waals surface area contributed by atoms with Crippen molar-refractivity contribution in [3.8, 4) is 0 Å². The number of ether oxygens (including phenoxy) is 1. The van der Waals surface area contributed by atoms with Crippen molar-refractivity contribution in [2.45, 2.75) is 25.9 Å². The highest BCUT2D eigenvalue weighted by atomic mass is 32.1. The number of likely N-dealkylation sites (tertiary alicyclic amines) is 1. The van der Waals surface area contributed by atoms with Gasteiger partial charge in [0.25, 0.3) is 11.8 Å². The number of piperidine rings is 1. The molecule has 2 heterocycles. The highest BCUT2D eigenvalue weighted by Gasteiger charge is 2.33. The van der Waals surface area contributed by atoms with E-state index in [2.05, 4.69) is 11.9 Å². The molecule has 0 saturated carbocycles. The number of carbonyl (C=O) groups excluding carboxylic acids is 3. The lowest BCUT2D eigenvalue weighted by Crippen LogP contribution is -2.54. The second-order valence-corrected chi connectivity index (χ2v) is 7.67. The zero-order chi connectivity index (χ0) is 21.5. The van der Waals surface area contributed by atoms with Gasteiger partial charge in [0.05, 0.1) is 0 Å². The van der Waals surface area contributed by atoms with Crippen LogP contribution in [0.15, 0.2) is 54.6 Å². The zero-order valence-corrected chi connectivity index (χ0v) is 17.5. The first-order valence-corrected chi connectivity index (χ1v) is 10.3. The molecule has 0 atom stereocenters. The Balaban J connectivity index is 1.48. The molecule has 2 fully saturated rings. The van der Waals surface area contributed by atoms with Crippen LogP contribution in [0.1, 0.15) is 24.8 Å². The number of amides is 3. The van der Waals surface area contributed by atoms with E-state index >= 15 is 0 Å². The fourth-order valence-electron chi connectivity index (χ4n) is 3.49. The lowest BCUT2D eigenvalue weighted by atomic mass is 9.92. The van der Waals surface area contributed by atoms with Gasteiger partial charge in [-0.1, -0.05) is 42.5 Å². The molecule has 1 N–H and O–H groups in total. The molecule has 30 heavy (non-hydrogen) atoms. The van der Waals surface area contributed by atoms with Crippen molar-refractivity contribution < 1.29 is 19.1 Å². The fraction of sp³-hybridized carbons (Fsp3) is 0.364. The van der Waals surface area contributed by atoms with Gasteiger partial charge < -0.3 is 9.64 Å². The topological polar surface area (TPSA) is 79.0 Å². The number of benzene rings is 1. The van der Waals surface area contributed by atoms with E-state index in [-0.39, 0.29) is 35.8 Å². The van der Waals surface area contributed by atoms with Gasteiger partial charge >= 0.3 is 6.09 Å². The Morgan fingerprint density at radius 3 is 2.60 bits per heavy atom. The minimum atomic E-state index is -0.466. The number of nitrogens with zero attached hydrogens (tertiary/aromatic N) is 2. The summed E-state index contributed by atoms with van der Waals surface area (Å²) < 4.78 is 5.38. The minimum Gasteiger partial charge on any atom is -0.445 e. The molecule has 3 rings (SSSR count). The Morgan fingerprint density at radius 1 is 1.23 bits per heavy atom. The van der Waals surface area contributed by atoms with Gasteiger partial charge in [-0.3, -0.25) is 19.8 Å². The highest BCUT2D eigenvalue weighted by molar-refractivity contribution is 7.80. The van der Waals surface area contributed by atoms with Gasteiger partial charge in [0.2, 0.25) is 0 Å². The van der Waals surface area contributed by atoms with E-state index in [1.165, 1.54) is 4.90 Å². The van der Waals surface area contributed by atoms with Gasteiger partial charge in [-0.15, -0.1) is 6.58 Å². The first-order chi connectivity index (χ1) is 14.5. The lowest BCUT2D eigenvalue weighted by molar-refractivity contribution is -0.128. The molecular formula is C22H25N3O4S. The summed E-state index contributed by atoms with van der Waals surface area (Å²) in [5, 5.41) is 2.65. The van der Waals surface area contributed by atoms with Crippen LogP contribution in [0.4, 0.5) is 4.79 Å². The van der Waals surface area contributed by atoms with Crippen LogP contribution in [0.2, 0.25) is 0 Å². The van der Waals surface area contributed by atoms with Crippen molar-refractivity contribution in [1.29, 1.82) is 0 Å². The largest absolute Gasteiger partial charge is 0.445 e. The summed E-state index contributed by atoms with van der Waals surface area (Å²) in [5.41, 5.74) is 1.06. The molecule has 3 amide bonds. The van der Waals surface area contributed by atoms with Gasteiger partial charge in [0.1, 0.15) is 12.2 Å². The van der Waals surface area contributed by atoms with E-state index in [0.717, 1.165) is 18.4 Å². The third-order valence-electron chi connectivity index (χ3n) is 5.23. The zero-order valence-electron chi connectivity index (χ0n) is 16.7. The molecule has 0 bridgehead atoms. The van der Waals surface area contributed by atoms with Crippen LogP contribution in [-0.4, -0.2) is 52.5 Å². The standard InChI is InChI=1S/C22H25N3O4S/c1-2-12-25-20(27)18(19(26)23-21(25)30)9-8-16-10-13-24(14-11-16)22(28)29-15-17-6-4-3-5-7-17/h2-7,9,16H,1,8,10-15H2,(H,23,26,30)/b18-9-. The average molecular weight is 428 g/mol. The van der Waals surface area contributed by atoms with Crippen molar-refractivity contribution in [1.82, 2.24) is 15.1 Å². The Kier molecular flexibility index (Phi) is 7.35. The molecule has 0 aliphatic carbocycles. The number of allylic oxidation sites excluding steroid dienone is 1. The number of thiocarbonyl (C=S) groups is 1. The van der Waals surface area contributed by atoms with E-state index < -0.39 is 11.8 Å². The summed E-state index contributed by atoms with van der Waals surface area (Å²) in [6.07, 6.45) is 5.10. The van der Waals surface area contributed by atoms with Crippen molar-refractivity contribution in [3.05, 3.63) is 60.2 Å². The highest BCUT2D eigenvalue weighted by Crippen LogP contribution is 2.23. The van der Waals surface area contributed by atoms with Crippen LogP contribution < -0.4 is 5.32 Å². The molecule has 2 aliphatic rings. The third kappa shape index (κ3) is 5.33. The first-order valence-electron chi connectivity index (χ1n) is 9.93. The lowest BCUT2D eigenvalue weighted by Gasteiger charge is -2.31. The van der Waals surface area contributed by atoms with E-state index in [0.29, 0.717) is 19.5 Å². The Hall–Kier alpha value is -3.00. The van der Waals surface area contributed by atoms with Gasteiger partial charge in [-0.2, -0.15) is 0 Å². The van der Waals surface area contributed by atoms with Gasteiger partial charge in [-0.25, -0.2) is 4.79 Å². The number of hydrogen-bond acceptors (Lipinski definition) is 5. The van der Waals surface area contributed by atoms with Gasteiger partial charge in [0, 0.05) is 19.6 Å². The Morgan fingerprint density at radius 2 is 1.93 bits per heavy atom. The maximum absolute atomic E-state index is 12.5. The van der Waals surface area contributed by atoms with Crippen LogP contribution in [-0.2, 0) is 20.9 Å². The monoisotopic (exact) mass is 427 g/mol. The SMILES string of the molecule is C=CCN1C(=O)/C(=C\CC2CCN(C(=O)OCc3ccccc3)CC2)C(=O)NC1=S. The minimum absolute atomic E-state index is 0.101. The number of hydrogen-bond donors (Lipinski definition) is 1. The fourth-order valence-corrected chi connectivity index (χ4v) is 3.74. The second kappa shape index (κ2) is 10.2. The summed E-state index contributed by atoms with van der Waals surface area (Å²) in [4.78, 5) is 40.0. The molecule has 0 unspecified atom stereocenters. The number of rotatable bonds is 6. The molecule has 2 aliphatic heterocycles. The van der Waals surface area contributed by atoms with Gasteiger partial charge in [-0.05, 0) is 43.0 Å². The van der Waals surface area contributed by atoms with E-state index in [4.69, 9.17) is 17.0 Å². The summed E-state index contributed by atoms with van der Waals surface area (Å²) >= 11 is 5.05. The smallest absolute Gasteiger partial charge is 0.410 e. The number of nitrogens with one attached hydrogen (secondary N) is 1. The maximum atomic E-state index is 12.5. The molecular weight excluding hydrogens is 402 g/mol. The molecule has 158 valence electrons. The normalized spacial score (nSPS) is 19.1. The maximum Gasteiger partial charge on any atom is 0.410 e. The summed E-state index contributed by atoms with van der Waals surface area (Å²) in [6, 6.07) is 9.56.